The van der Waals surface area contributed by atoms with Crippen molar-refractivity contribution in [2.75, 3.05) is 23.4 Å². The molecule has 8 nitrogen and oxygen atoms in total. The van der Waals surface area contributed by atoms with E-state index >= 15 is 0 Å². The van der Waals surface area contributed by atoms with Crippen LogP contribution in [0.4, 0.5) is 11.4 Å². The minimum atomic E-state index is -3.49. The molecule has 0 aliphatic carbocycles. The number of hydrogen-bond donors (Lipinski definition) is 3. The van der Waals surface area contributed by atoms with Gasteiger partial charge in [-0.3, -0.25) is 14.6 Å². The van der Waals surface area contributed by atoms with Crippen LogP contribution in [0.1, 0.15) is 23.0 Å². The number of anilines is 2. The Kier molecular flexibility index (Phi) is 5.35. The SMILES string of the molecule is CCc1[nH]nc(Cl)c1C(=O)Nc1ccc(OC)c(NS(C)(=O)=O)c1. The van der Waals surface area contributed by atoms with E-state index in [-0.39, 0.29) is 16.4 Å². The number of carbonyl (C=O) groups is 1. The number of hydrogen-bond acceptors (Lipinski definition) is 5. The molecule has 0 unspecified atom stereocenters. The first-order valence-corrected chi connectivity index (χ1v) is 9.22. The van der Waals surface area contributed by atoms with Gasteiger partial charge in [0.25, 0.3) is 5.91 Å². The van der Waals surface area contributed by atoms with E-state index in [1.807, 2.05) is 6.92 Å². The van der Waals surface area contributed by atoms with Crippen molar-refractivity contribution in [3.05, 3.63) is 34.6 Å². The Bertz CT molecular complexity index is 864. The van der Waals surface area contributed by atoms with E-state index in [1.54, 1.807) is 12.1 Å². The first-order chi connectivity index (χ1) is 11.2. The van der Waals surface area contributed by atoms with Gasteiger partial charge in [-0.15, -0.1) is 0 Å². The maximum Gasteiger partial charge on any atom is 0.260 e. The molecule has 3 N–H and O–H groups in total. The number of methoxy groups -OCH3 is 1. The van der Waals surface area contributed by atoms with Gasteiger partial charge in [0, 0.05) is 11.4 Å². The van der Waals surface area contributed by atoms with Crippen molar-refractivity contribution in [2.45, 2.75) is 13.3 Å². The van der Waals surface area contributed by atoms with Crippen LogP contribution >= 0.6 is 11.6 Å². The zero-order valence-corrected chi connectivity index (χ0v) is 14.9. The number of nitrogens with one attached hydrogen (secondary N) is 3. The van der Waals surface area contributed by atoms with Crippen LogP contribution in [0.5, 0.6) is 5.75 Å². The van der Waals surface area contributed by atoms with E-state index in [1.165, 1.54) is 13.2 Å². The summed E-state index contributed by atoms with van der Waals surface area (Å²) in [7, 11) is -2.08. The molecule has 0 atom stereocenters. The third-order valence-corrected chi connectivity index (χ3v) is 3.99. The Labute approximate surface area is 144 Å². The molecule has 2 rings (SSSR count). The normalized spacial score (nSPS) is 11.2. The summed E-state index contributed by atoms with van der Waals surface area (Å²) in [6.07, 6.45) is 1.59. The first kappa shape index (κ1) is 18.1. The monoisotopic (exact) mass is 372 g/mol. The molecule has 24 heavy (non-hydrogen) atoms. The van der Waals surface area contributed by atoms with Gasteiger partial charge in [0.2, 0.25) is 10.0 Å². The highest BCUT2D eigenvalue weighted by Gasteiger charge is 2.19. The Hall–Kier alpha value is -2.26. The van der Waals surface area contributed by atoms with Crippen LogP contribution in [-0.4, -0.2) is 37.9 Å². The highest BCUT2D eigenvalue weighted by atomic mass is 35.5. The molecule has 0 bridgehead atoms. The van der Waals surface area contributed by atoms with Crippen molar-refractivity contribution < 1.29 is 17.9 Å². The lowest BCUT2D eigenvalue weighted by Gasteiger charge is -2.12. The molecule has 0 fully saturated rings. The van der Waals surface area contributed by atoms with Gasteiger partial charge in [-0.05, 0) is 24.6 Å². The minimum Gasteiger partial charge on any atom is -0.495 e. The van der Waals surface area contributed by atoms with Crippen molar-refractivity contribution >= 4 is 38.9 Å². The van der Waals surface area contributed by atoms with Crippen molar-refractivity contribution in [3.8, 4) is 5.75 Å². The zero-order valence-electron chi connectivity index (χ0n) is 13.3. The summed E-state index contributed by atoms with van der Waals surface area (Å²) in [4.78, 5) is 12.4. The fraction of sp³-hybridized carbons (Fsp3) is 0.286. The van der Waals surface area contributed by atoms with Crippen molar-refractivity contribution in [2.24, 2.45) is 0 Å². The third kappa shape index (κ3) is 4.18. The maximum absolute atomic E-state index is 12.4. The van der Waals surface area contributed by atoms with Gasteiger partial charge in [0.15, 0.2) is 5.15 Å². The van der Waals surface area contributed by atoms with Crippen molar-refractivity contribution in [1.29, 1.82) is 0 Å². The summed E-state index contributed by atoms with van der Waals surface area (Å²) >= 11 is 5.94. The van der Waals surface area contributed by atoms with E-state index in [4.69, 9.17) is 16.3 Å². The second-order valence-corrected chi connectivity index (χ2v) is 7.07. The Morgan fingerprint density at radius 2 is 2.12 bits per heavy atom. The fourth-order valence-corrected chi connectivity index (χ4v) is 2.90. The number of halogens is 1. The van der Waals surface area contributed by atoms with Gasteiger partial charge in [-0.25, -0.2) is 8.42 Å². The predicted octanol–water partition coefficient (Wildman–Crippen LogP) is 2.26. The summed E-state index contributed by atoms with van der Waals surface area (Å²) in [5.74, 6) is -0.116. The van der Waals surface area contributed by atoms with Crippen LogP contribution in [0.15, 0.2) is 18.2 Å². The van der Waals surface area contributed by atoms with E-state index in [0.29, 0.717) is 23.6 Å². The number of rotatable bonds is 6. The van der Waals surface area contributed by atoms with E-state index in [2.05, 4.69) is 20.2 Å². The molecule has 1 aromatic carbocycles. The lowest BCUT2D eigenvalue weighted by Crippen LogP contribution is -2.15. The van der Waals surface area contributed by atoms with E-state index in [0.717, 1.165) is 6.26 Å². The van der Waals surface area contributed by atoms with Crippen molar-refractivity contribution in [1.82, 2.24) is 10.2 Å². The van der Waals surface area contributed by atoms with Crippen LogP contribution in [0.25, 0.3) is 0 Å². The second-order valence-electron chi connectivity index (χ2n) is 4.96. The zero-order chi connectivity index (χ0) is 17.9. The third-order valence-electron chi connectivity index (χ3n) is 3.13. The smallest absolute Gasteiger partial charge is 0.260 e. The fourth-order valence-electron chi connectivity index (χ4n) is 2.10. The molecule has 0 aliphatic rings. The number of ether oxygens (including phenoxy) is 1. The number of sulfonamides is 1. The largest absolute Gasteiger partial charge is 0.495 e. The average molecular weight is 373 g/mol. The first-order valence-electron chi connectivity index (χ1n) is 6.95. The highest BCUT2D eigenvalue weighted by Crippen LogP contribution is 2.29. The molecule has 1 heterocycles. The van der Waals surface area contributed by atoms with E-state index < -0.39 is 15.9 Å². The quantitative estimate of drug-likeness (QED) is 0.719. The van der Waals surface area contributed by atoms with Gasteiger partial charge < -0.3 is 10.1 Å². The van der Waals surface area contributed by atoms with Crippen LogP contribution in [0.3, 0.4) is 0 Å². The van der Waals surface area contributed by atoms with Crippen LogP contribution in [0, 0.1) is 0 Å². The molecule has 130 valence electrons. The lowest BCUT2D eigenvalue weighted by atomic mass is 10.2. The highest BCUT2D eigenvalue weighted by molar-refractivity contribution is 7.92. The standard InChI is InChI=1S/C14H17ClN4O4S/c1-4-9-12(13(15)18-17-9)14(20)16-8-5-6-11(23-2)10(7-8)19-24(3,21)22/h5-7,19H,4H2,1-3H3,(H,16,20)(H,17,18). The average Bonchev–Trinajstić information content (AvgIpc) is 2.87. The van der Waals surface area contributed by atoms with Crippen LogP contribution in [-0.2, 0) is 16.4 Å². The molecular formula is C14H17ClN4O4S. The Morgan fingerprint density at radius 3 is 2.71 bits per heavy atom. The van der Waals surface area contributed by atoms with Gasteiger partial charge in [-0.1, -0.05) is 18.5 Å². The molecule has 0 saturated carbocycles. The van der Waals surface area contributed by atoms with Gasteiger partial charge in [-0.2, -0.15) is 5.10 Å². The number of benzene rings is 1. The van der Waals surface area contributed by atoms with Gasteiger partial charge in [0.05, 0.1) is 24.6 Å². The number of aryl methyl sites for hydroxylation is 1. The summed E-state index contributed by atoms with van der Waals surface area (Å²) < 4.78 is 30.3. The Morgan fingerprint density at radius 1 is 1.42 bits per heavy atom. The number of aromatic amines is 1. The lowest BCUT2D eigenvalue weighted by molar-refractivity contribution is 0.102. The topological polar surface area (TPSA) is 113 Å². The van der Waals surface area contributed by atoms with Crippen molar-refractivity contribution in [3.63, 3.8) is 0 Å². The summed E-state index contributed by atoms with van der Waals surface area (Å²) in [5.41, 5.74) is 1.46. The minimum absolute atomic E-state index is 0.0762. The van der Waals surface area contributed by atoms with E-state index in [9.17, 15) is 13.2 Å². The molecule has 0 aliphatic heterocycles. The molecular weight excluding hydrogens is 356 g/mol. The molecule has 10 heteroatoms. The maximum atomic E-state index is 12.4. The Balaban J connectivity index is 2.31. The number of aromatic nitrogens is 2. The number of H-pyrrole nitrogens is 1. The summed E-state index contributed by atoms with van der Waals surface area (Å²) in [6, 6.07) is 4.59. The summed E-state index contributed by atoms with van der Waals surface area (Å²) in [5, 5.41) is 9.25. The molecule has 1 aromatic heterocycles. The molecule has 2 aromatic rings. The molecule has 0 saturated heterocycles. The molecule has 1 amide bonds. The molecule has 0 radical (unpaired) electrons. The second kappa shape index (κ2) is 7.10. The predicted molar refractivity (Wildman–Crippen MR) is 92.4 cm³/mol. The number of amides is 1. The van der Waals surface area contributed by atoms with Gasteiger partial charge >= 0.3 is 0 Å². The summed E-state index contributed by atoms with van der Waals surface area (Å²) in [6.45, 7) is 1.86. The number of carbonyl (C=O) groups excluding carboxylic acids is 1. The van der Waals surface area contributed by atoms with Crippen LogP contribution in [0.2, 0.25) is 5.15 Å². The van der Waals surface area contributed by atoms with Gasteiger partial charge in [0.1, 0.15) is 5.75 Å². The molecule has 0 spiro atoms. The van der Waals surface area contributed by atoms with Crippen LogP contribution < -0.4 is 14.8 Å². The number of nitrogens with zero attached hydrogens (tertiary/aromatic N) is 1.